The van der Waals surface area contributed by atoms with E-state index >= 15 is 0 Å². The molecule has 0 spiro atoms. The minimum absolute atomic E-state index is 0.167. The number of rotatable bonds is 3. The van der Waals surface area contributed by atoms with Crippen LogP contribution in [0.3, 0.4) is 0 Å². The number of nitrogens with zero attached hydrogens (tertiary/aromatic N) is 1. The summed E-state index contributed by atoms with van der Waals surface area (Å²) in [7, 11) is 0. The summed E-state index contributed by atoms with van der Waals surface area (Å²) in [5.74, 6) is -0.167. The SMILES string of the molecule is O=C(Nc1cccc(N2CCOC2=O)c1)NC1CCCNC1=O. The zero-order valence-corrected chi connectivity index (χ0v) is 12.5. The molecule has 0 saturated carbocycles. The van der Waals surface area contributed by atoms with Crippen molar-refractivity contribution in [3.8, 4) is 0 Å². The van der Waals surface area contributed by atoms with Crippen LogP contribution in [0.25, 0.3) is 0 Å². The molecule has 1 unspecified atom stereocenters. The normalized spacial score (nSPS) is 20.7. The van der Waals surface area contributed by atoms with Crippen LogP contribution in [0.4, 0.5) is 21.0 Å². The topological polar surface area (TPSA) is 99.8 Å². The highest BCUT2D eigenvalue weighted by Gasteiger charge is 2.25. The summed E-state index contributed by atoms with van der Waals surface area (Å²) in [4.78, 5) is 36.7. The van der Waals surface area contributed by atoms with E-state index in [9.17, 15) is 14.4 Å². The molecule has 2 saturated heterocycles. The molecular formula is C15H18N4O4. The minimum atomic E-state index is -0.513. The van der Waals surface area contributed by atoms with E-state index in [1.807, 2.05) is 0 Å². The van der Waals surface area contributed by atoms with Crippen molar-refractivity contribution in [3.05, 3.63) is 24.3 Å². The number of ether oxygens (including phenoxy) is 1. The van der Waals surface area contributed by atoms with Gasteiger partial charge in [0.25, 0.3) is 0 Å². The molecule has 3 rings (SSSR count). The number of piperidine rings is 1. The number of nitrogens with one attached hydrogen (secondary N) is 3. The molecule has 4 amide bonds. The first-order valence-corrected chi connectivity index (χ1v) is 7.53. The third-order valence-electron chi connectivity index (χ3n) is 3.77. The lowest BCUT2D eigenvalue weighted by Gasteiger charge is -2.23. The quantitative estimate of drug-likeness (QED) is 0.775. The van der Waals surface area contributed by atoms with Crippen molar-refractivity contribution in [2.75, 3.05) is 29.9 Å². The molecule has 0 aromatic heterocycles. The number of carbonyl (C=O) groups excluding carboxylic acids is 3. The Morgan fingerprint density at radius 2 is 2.22 bits per heavy atom. The fourth-order valence-electron chi connectivity index (χ4n) is 2.61. The molecule has 2 aliphatic heterocycles. The summed E-state index contributed by atoms with van der Waals surface area (Å²) < 4.78 is 4.90. The van der Waals surface area contributed by atoms with Crippen LogP contribution in [-0.4, -0.2) is 43.8 Å². The van der Waals surface area contributed by atoms with E-state index in [0.29, 0.717) is 37.5 Å². The first kappa shape index (κ1) is 15.1. The zero-order valence-electron chi connectivity index (χ0n) is 12.5. The average molecular weight is 318 g/mol. The van der Waals surface area contributed by atoms with Crippen molar-refractivity contribution in [1.29, 1.82) is 0 Å². The van der Waals surface area contributed by atoms with Crippen LogP contribution < -0.4 is 20.9 Å². The standard InChI is InChI=1S/C15H18N4O4/c20-13-12(5-2-6-16-13)18-14(21)17-10-3-1-4-11(9-10)19-7-8-23-15(19)22/h1,3-4,9,12H,2,5-8H2,(H,16,20)(H2,17,18,21). The number of urea groups is 1. The summed E-state index contributed by atoms with van der Waals surface area (Å²) in [6, 6.07) is 5.95. The van der Waals surface area contributed by atoms with Gasteiger partial charge in [-0.25, -0.2) is 9.59 Å². The molecule has 8 nitrogen and oxygen atoms in total. The van der Waals surface area contributed by atoms with E-state index in [2.05, 4.69) is 16.0 Å². The number of cyclic esters (lactones) is 1. The Morgan fingerprint density at radius 3 is 2.96 bits per heavy atom. The lowest BCUT2D eigenvalue weighted by atomic mass is 10.1. The Bertz CT molecular complexity index is 634. The molecule has 0 aliphatic carbocycles. The van der Waals surface area contributed by atoms with Crippen LogP contribution in [0.1, 0.15) is 12.8 Å². The number of carbonyl (C=O) groups is 3. The largest absolute Gasteiger partial charge is 0.447 e. The first-order valence-electron chi connectivity index (χ1n) is 7.53. The van der Waals surface area contributed by atoms with Gasteiger partial charge in [-0.2, -0.15) is 0 Å². The summed E-state index contributed by atoms with van der Waals surface area (Å²) in [5, 5.41) is 8.04. The number of anilines is 2. The number of hydrogen-bond acceptors (Lipinski definition) is 4. The average Bonchev–Trinajstić information content (AvgIpc) is 2.96. The molecule has 1 aromatic rings. The maximum Gasteiger partial charge on any atom is 0.414 e. The number of hydrogen-bond donors (Lipinski definition) is 3. The third-order valence-corrected chi connectivity index (χ3v) is 3.77. The fraction of sp³-hybridized carbons (Fsp3) is 0.400. The van der Waals surface area contributed by atoms with E-state index in [4.69, 9.17) is 4.74 Å². The second-order valence-corrected chi connectivity index (χ2v) is 5.40. The molecule has 0 bridgehead atoms. The molecule has 2 aliphatic rings. The predicted octanol–water partition coefficient (Wildman–Crippen LogP) is 1.04. The summed E-state index contributed by atoms with van der Waals surface area (Å²) >= 11 is 0. The van der Waals surface area contributed by atoms with Crippen molar-refractivity contribution < 1.29 is 19.1 Å². The van der Waals surface area contributed by atoms with Crippen molar-refractivity contribution >= 4 is 29.4 Å². The van der Waals surface area contributed by atoms with Crippen LogP contribution >= 0.6 is 0 Å². The molecule has 2 heterocycles. The van der Waals surface area contributed by atoms with E-state index < -0.39 is 18.2 Å². The molecule has 8 heteroatoms. The van der Waals surface area contributed by atoms with Gasteiger partial charge in [-0.3, -0.25) is 9.69 Å². The van der Waals surface area contributed by atoms with Crippen LogP contribution in [-0.2, 0) is 9.53 Å². The maximum atomic E-state index is 12.0. The van der Waals surface area contributed by atoms with Gasteiger partial charge in [0.05, 0.1) is 6.54 Å². The molecule has 3 N–H and O–H groups in total. The minimum Gasteiger partial charge on any atom is -0.447 e. The van der Waals surface area contributed by atoms with Gasteiger partial charge in [-0.05, 0) is 31.0 Å². The van der Waals surface area contributed by atoms with Gasteiger partial charge in [-0.15, -0.1) is 0 Å². The molecule has 1 aromatic carbocycles. The highest BCUT2D eigenvalue weighted by atomic mass is 16.6. The second-order valence-electron chi connectivity index (χ2n) is 5.40. The van der Waals surface area contributed by atoms with Crippen molar-refractivity contribution in [3.63, 3.8) is 0 Å². The van der Waals surface area contributed by atoms with Crippen LogP contribution in [0.5, 0.6) is 0 Å². The van der Waals surface area contributed by atoms with Gasteiger partial charge < -0.3 is 20.7 Å². The third kappa shape index (κ3) is 3.53. The summed E-state index contributed by atoms with van der Waals surface area (Å²) in [6.07, 6.45) is 1.06. The van der Waals surface area contributed by atoms with E-state index in [0.717, 1.165) is 6.42 Å². The van der Waals surface area contributed by atoms with Gasteiger partial charge in [0.1, 0.15) is 12.6 Å². The monoisotopic (exact) mass is 318 g/mol. The fourth-order valence-corrected chi connectivity index (χ4v) is 2.61. The number of amides is 4. The van der Waals surface area contributed by atoms with Crippen molar-refractivity contribution in [2.24, 2.45) is 0 Å². The van der Waals surface area contributed by atoms with E-state index in [1.54, 1.807) is 24.3 Å². The van der Waals surface area contributed by atoms with Gasteiger partial charge in [-0.1, -0.05) is 6.07 Å². The van der Waals surface area contributed by atoms with Gasteiger partial charge in [0.2, 0.25) is 5.91 Å². The predicted molar refractivity (Wildman–Crippen MR) is 83.3 cm³/mol. The van der Waals surface area contributed by atoms with Gasteiger partial charge in [0.15, 0.2) is 0 Å². The first-order chi connectivity index (χ1) is 11.1. The maximum absolute atomic E-state index is 12.0. The van der Waals surface area contributed by atoms with Gasteiger partial charge >= 0.3 is 12.1 Å². The van der Waals surface area contributed by atoms with Crippen molar-refractivity contribution in [1.82, 2.24) is 10.6 Å². The lowest BCUT2D eigenvalue weighted by Crippen LogP contribution is -2.51. The van der Waals surface area contributed by atoms with E-state index in [1.165, 1.54) is 4.90 Å². The lowest BCUT2D eigenvalue weighted by molar-refractivity contribution is -0.124. The Morgan fingerprint density at radius 1 is 1.35 bits per heavy atom. The Balaban J connectivity index is 1.62. The zero-order chi connectivity index (χ0) is 16.2. The van der Waals surface area contributed by atoms with Crippen LogP contribution in [0, 0.1) is 0 Å². The molecule has 0 radical (unpaired) electrons. The highest BCUT2D eigenvalue weighted by Crippen LogP contribution is 2.22. The molecular weight excluding hydrogens is 300 g/mol. The van der Waals surface area contributed by atoms with Crippen LogP contribution in [0.2, 0.25) is 0 Å². The summed E-state index contributed by atoms with van der Waals surface area (Å²) in [6.45, 7) is 1.48. The molecule has 2 fully saturated rings. The van der Waals surface area contributed by atoms with Crippen LogP contribution in [0.15, 0.2) is 24.3 Å². The summed E-state index contributed by atoms with van der Waals surface area (Å²) in [5.41, 5.74) is 1.19. The number of benzene rings is 1. The Kier molecular flexibility index (Phi) is 4.31. The highest BCUT2D eigenvalue weighted by molar-refractivity contribution is 5.95. The molecule has 1 atom stereocenters. The Hall–Kier alpha value is -2.77. The molecule has 122 valence electrons. The van der Waals surface area contributed by atoms with Gasteiger partial charge in [0, 0.05) is 17.9 Å². The van der Waals surface area contributed by atoms with E-state index in [-0.39, 0.29) is 5.91 Å². The van der Waals surface area contributed by atoms with Crippen molar-refractivity contribution in [2.45, 2.75) is 18.9 Å². The Labute approximate surface area is 133 Å². The second kappa shape index (κ2) is 6.55. The molecule has 23 heavy (non-hydrogen) atoms. The smallest absolute Gasteiger partial charge is 0.414 e.